The summed E-state index contributed by atoms with van der Waals surface area (Å²) in [7, 11) is 0. The van der Waals surface area contributed by atoms with Gasteiger partial charge in [0.05, 0.1) is 0 Å². The van der Waals surface area contributed by atoms with E-state index in [-0.39, 0.29) is 22.3 Å². The zero-order chi connectivity index (χ0) is 27.1. The number of benzene rings is 1. The van der Waals surface area contributed by atoms with Gasteiger partial charge in [-0.3, -0.25) is 0 Å². The predicted molar refractivity (Wildman–Crippen MR) is 119 cm³/mol. The third-order valence-electron chi connectivity index (χ3n) is 5.58. The van der Waals surface area contributed by atoms with E-state index in [4.69, 9.17) is 0 Å². The van der Waals surface area contributed by atoms with E-state index < -0.39 is 69.8 Å². The molecule has 0 saturated heterocycles. The topological polar surface area (TPSA) is 51.6 Å². The molecule has 1 aromatic carbocycles. The first-order valence-electron chi connectivity index (χ1n) is 10.6. The molecule has 0 N–H and O–H groups in total. The van der Waals surface area contributed by atoms with Crippen molar-refractivity contribution >= 4 is 0 Å². The quantitative estimate of drug-likeness (QED) is 0.185. The van der Waals surface area contributed by atoms with E-state index in [1.807, 2.05) is 0 Å². The average molecular weight is 530 g/mol. The summed E-state index contributed by atoms with van der Waals surface area (Å²) < 4.78 is 114. The number of halogens is 8. The van der Waals surface area contributed by atoms with Crippen LogP contribution in [-0.2, 0) is 0 Å². The summed E-state index contributed by atoms with van der Waals surface area (Å²) in [5, 5.41) is 0. The van der Waals surface area contributed by atoms with Crippen molar-refractivity contribution in [2.45, 2.75) is 0 Å². The summed E-state index contributed by atoms with van der Waals surface area (Å²) in [4.78, 5) is 12.4. The summed E-state index contributed by atoms with van der Waals surface area (Å²) in [6, 6.07) is 9.23. The first-order valence-corrected chi connectivity index (χ1v) is 10.6. The Hall–Kier alpha value is -4.74. The minimum absolute atomic E-state index is 0.222. The molecule has 0 spiro atoms. The van der Waals surface area contributed by atoms with Gasteiger partial charge >= 0.3 is 0 Å². The molecule has 4 nitrogen and oxygen atoms in total. The number of pyridine rings is 4. The number of hydrogen-bond donors (Lipinski definition) is 0. The maximum Gasteiger partial charge on any atom is 0.223 e. The molecule has 0 saturated carbocycles. The van der Waals surface area contributed by atoms with Gasteiger partial charge < -0.3 is 0 Å². The molecule has 0 amide bonds. The predicted octanol–water partition coefficient (Wildman–Crippen LogP) is 7.05. The zero-order valence-electron chi connectivity index (χ0n) is 18.6. The Balaban J connectivity index is 1.93. The third-order valence-corrected chi connectivity index (χ3v) is 5.58. The summed E-state index contributed by atoms with van der Waals surface area (Å²) >= 11 is 0. The largest absolute Gasteiger partial charge is 0.223 e. The Kier molecular flexibility index (Phi) is 6.31. The highest BCUT2D eigenvalue weighted by Gasteiger charge is 2.24. The summed E-state index contributed by atoms with van der Waals surface area (Å²) in [6.45, 7) is 0. The molecule has 0 aliphatic rings. The zero-order valence-corrected chi connectivity index (χ0v) is 18.6. The van der Waals surface area contributed by atoms with Crippen LogP contribution < -0.4 is 0 Å². The second-order valence-corrected chi connectivity index (χ2v) is 7.83. The van der Waals surface area contributed by atoms with Crippen molar-refractivity contribution in [3.05, 3.63) is 108 Å². The molecule has 0 atom stereocenters. The van der Waals surface area contributed by atoms with Gasteiger partial charge in [0.2, 0.25) is 47.6 Å². The van der Waals surface area contributed by atoms with Crippen LogP contribution in [0.2, 0.25) is 0 Å². The summed E-state index contributed by atoms with van der Waals surface area (Å²) in [5.74, 6) is -10.1. The summed E-state index contributed by atoms with van der Waals surface area (Å²) in [5.41, 5.74) is -2.48. The monoisotopic (exact) mass is 530 g/mol. The SMILES string of the molecule is Fc1ccc(-c2cc(-c3ccc(F)nc3F)c(-c3ccc(F)nc3F)cc2-c2ccc(F)nc2F)c(F)n1. The normalized spacial score (nSPS) is 11.2. The van der Waals surface area contributed by atoms with Gasteiger partial charge in [0.25, 0.3) is 0 Å². The lowest BCUT2D eigenvalue weighted by molar-refractivity contribution is 0.513. The Morgan fingerprint density at radius 2 is 0.500 bits per heavy atom. The van der Waals surface area contributed by atoms with Crippen LogP contribution >= 0.6 is 0 Å². The Morgan fingerprint density at radius 1 is 0.289 bits per heavy atom. The van der Waals surface area contributed by atoms with Crippen LogP contribution in [0, 0.1) is 47.6 Å². The second kappa shape index (κ2) is 9.61. The van der Waals surface area contributed by atoms with Crippen LogP contribution in [0.4, 0.5) is 35.1 Å². The lowest BCUT2D eigenvalue weighted by Crippen LogP contribution is -2.02. The molecule has 190 valence electrons. The third kappa shape index (κ3) is 4.56. The van der Waals surface area contributed by atoms with Crippen molar-refractivity contribution in [1.82, 2.24) is 19.9 Å². The fourth-order valence-corrected chi connectivity index (χ4v) is 3.94. The fourth-order valence-electron chi connectivity index (χ4n) is 3.94. The minimum atomic E-state index is -1.34. The van der Waals surface area contributed by atoms with Crippen LogP contribution in [0.3, 0.4) is 0 Å². The molecule has 0 fully saturated rings. The van der Waals surface area contributed by atoms with E-state index in [2.05, 4.69) is 19.9 Å². The van der Waals surface area contributed by atoms with Crippen molar-refractivity contribution in [2.24, 2.45) is 0 Å². The average Bonchev–Trinajstić information content (AvgIpc) is 2.84. The standard InChI is InChI=1S/C26H10F8N4/c27-19-5-1-11(23(31)35-19)15-9-17(13-3-7-21(29)37-25(13)33)18(14-4-8-22(30)38-26(14)34)10-16(15)12-2-6-20(28)36-24(12)32/h1-10H. The molecule has 0 radical (unpaired) electrons. The van der Waals surface area contributed by atoms with Crippen LogP contribution in [-0.4, -0.2) is 19.9 Å². The van der Waals surface area contributed by atoms with Gasteiger partial charge in [-0.15, -0.1) is 0 Å². The molecule has 0 bridgehead atoms. The van der Waals surface area contributed by atoms with Crippen molar-refractivity contribution in [2.75, 3.05) is 0 Å². The van der Waals surface area contributed by atoms with E-state index >= 15 is 0 Å². The molecule has 0 aliphatic carbocycles. The van der Waals surface area contributed by atoms with Crippen LogP contribution in [0.5, 0.6) is 0 Å². The van der Waals surface area contributed by atoms with E-state index in [0.29, 0.717) is 0 Å². The van der Waals surface area contributed by atoms with Crippen molar-refractivity contribution < 1.29 is 35.1 Å². The van der Waals surface area contributed by atoms with E-state index in [1.165, 1.54) is 0 Å². The molecular formula is C26H10F8N4. The highest BCUT2D eigenvalue weighted by molar-refractivity contribution is 5.95. The van der Waals surface area contributed by atoms with Crippen molar-refractivity contribution in [1.29, 1.82) is 0 Å². The van der Waals surface area contributed by atoms with Crippen LogP contribution in [0.1, 0.15) is 0 Å². The molecular weight excluding hydrogens is 520 g/mol. The van der Waals surface area contributed by atoms with Gasteiger partial charge in [-0.2, -0.15) is 55.1 Å². The first-order chi connectivity index (χ1) is 18.1. The Morgan fingerprint density at radius 3 is 0.684 bits per heavy atom. The number of nitrogens with zero attached hydrogens (tertiary/aromatic N) is 4. The number of hydrogen-bond acceptors (Lipinski definition) is 4. The smallest absolute Gasteiger partial charge is 0.190 e. The molecule has 12 heteroatoms. The van der Waals surface area contributed by atoms with Crippen LogP contribution in [0.25, 0.3) is 44.5 Å². The van der Waals surface area contributed by atoms with Crippen molar-refractivity contribution in [3.8, 4) is 44.5 Å². The van der Waals surface area contributed by atoms with Gasteiger partial charge in [0, 0.05) is 22.3 Å². The molecule has 5 rings (SSSR count). The highest BCUT2D eigenvalue weighted by atomic mass is 19.2. The lowest BCUT2D eigenvalue weighted by Gasteiger charge is -2.18. The van der Waals surface area contributed by atoms with Crippen molar-refractivity contribution in [3.63, 3.8) is 0 Å². The maximum atomic E-state index is 14.8. The molecule has 5 aromatic rings. The van der Waals surface area contributed by atoms with E-state index in [1.54, 1.807) is 0 Å². The molecule has 0 unspecified atom stereocenters. The first kappa shape index (κ1) is 24.9. The van der Waals surface area contributed by atoms with Gasteiger partial charge in [-0.05, 0) is 82.9 Å². The molecule has 4 aromatic heterocycles. The fraction of sp³-hybridized carbons (Fsp3) is 0. The van der Waals surface area contributed by atoms with Gasteiger partial charge in [-0.25, -0.2) is 0 Å². The lowest BCUT2D eigenvalue weighted by atomic mass is 9.86. The van der Waals surface area contributed by atoms with Gasteiger partial charge in [-0.1, -0.05) is 0 Å². The van der Waals surface area contributed by atoms with Crippen LogP contribution in [0.15, 0.2) is 60.7 Å². The Labute approximate surface area is 208 Å². The highest BCUT2D eigenvalue weighted by Crippen LogP contribution is 2.43. The maximum absolute atomic E-state index is 14.8. The van der Waals surface area contributed by atoms with Gasteiger partial charge in [0.1, 0.15) is 0 Å². The Bertz CT molecular complexity index is 1480. The second-order valence-electron chi connectivity index (χ2n) is 7.83. The minimum Gasteiger partial charge on any atom is -0.190 e. The van der Waals surface area contributed by atoms with E-state index in [9.17, 15) is 35.1 Å². The molecule has 38 heavy (non-hydrogen) atoms. The number of aromatic nitrogens is 4. The molecule has 0 aliphatic heterocycles. The summed E-state index contributed by atoms with van der Waals surface area (Å²) in [6.07, 6.45) is 0. The van der Waals surface area contributed by atoms with E-state index in [0.717, 1.165) is 60.7 Å². The molecule has 4 heterocycles. The number of rotatable bonds is 4. The van der Waals surface area contributed by atoms with Gasteiger partial charge in [0.15, 0.2) is 0 Å².